The molecule has 0 amide bonds. The topological polar surface area (TPSA) is 61.0 Å². The number of aromatic nitrogens is 2. The Morgan fingerprint density at radius 3 is 2.94 bits per heavy atom. The molecule has 0 aliphatic carbocycles. The Hall–Kier alpha value is -1.46. The van der Waals surface area contributed by atoms with Crippen LogP contribution in [0.25, 0.3) is 0 Å². The SMILES string of the molecule is COc1cncc(C(N)Cc2csc(C)n2)c1. The standard InChI is InChI=1S/C12H15N3OS/c1-8-15-10(7-17-8)4-12(13)9-3-11(16-2)6-14-5-9/h3,5-7,12H,4,13H2,1-2H3. The van der Waals surface area contributed by atoms with Crippen molar-refractivity contribution in [1.29, 1.82) is 0 Å². The maximum absolute atomic E-state index is 6.13. The van der Waals surface area contributed by atoms with Crippen molar-refractivity contribution < 1.29 is 4.74 Å². The Kier molecular flexibility index (Phi) is 3.71. The molecule has 17 heavy (non-hydrogen) atoms. The number of methoxy groups -OCH3 is 1. The summed E-state index contributed by atoms with van der Waals surface area (Å²) in [6, 6.07) is 1.82. The van der Waals surface area contributed by atoms with E-state index in [-0.39, 0.29) is 6.04 Å². The van der Waals surface area contributed by atoms with Crippen LogP contribution in [0.1, 0.15) is 22.3 Å². The first-order chi connectivity index (χ1) is 8.19. The zero-order chi connectivity index (χ0) is 12.3. The monoisotopic (exact) mass is 249 g/mol. The number of hydrogen-bond donors (Lipinski definition) is 1. The van der Waals surface area contributed by atoms with Gasteiger partial charge in [-0.15, -0.1) is 11.3 Å². The summed E-state index contributed by atoms with van der Waals surface area (Å²) >= 11 is 1.64. The first-order valence-corrected chi connectivity index (χ1v) is 6.22. The third-order valence-corrected chi connectivity index (χ3v) is 3.32. The Bertz CT molecular complexity index is 498. The van der Waals surface area contributed by atoms with Crippen molar-refractivity contribution in [2.75, 3.05) is 7.11 Å². The molecule has 0 bridgehead atoms. The summed E-state index contributed by atoms with van der Waals surface area (Å²) < 4.78 is 5.13. The van der Waals surface area contributed by atoms with Crippen LogP contribution in [-0.2, 0) is 6.42 Å². The molecule has 2 rings (SSSR count). The molecule has 5 heteroatoms. The maximum Gasteiger partial charge on any atom is 0.137 e. The zero-order valence-electron chi connectivity index (χ0n) is 9.88. The molecule has 0 radical (unpaired) electrons. The molecule has 1 unspecified atom stereocenters. The van der Waals surface area contributed by atoms with Gasteiger partial charge in [-0.3, -0.25) is 4.98 Å². The number of rotatable bonds is 4. The minimum atomic E-state index is -0.0981. The van der Waals surface area contributed by atoms with E-state index in [1.54, 1.807) is 30.8 Å². The fourth-order valence-corrected chi connectivity index (χ4v) is 2.22. The average Bonchev–Trinajstić information content (AvgIpc) is 2.75. The van der Waals surface area contributed by atoms with E-state index in [9.17, 15) is 0 Å². The summed E-state index contributed by atoms with van der Waals surface area (Å²) in [5.74, 6) is 0.729. The fourth-order valence-electron chi connectivity index (χ4n) is 1.60. The molecule has 2 heterocycles. The Balaban J connectivity index is 2.11. The number of pyridine rings is 1. The van der Waals surface area contributed by atoms with Gasteiger partial charge in [-0.1, -0.05) is 0 Å². The van der Waals surface area contributed by atoms with Crippen LogP contribution in [0, 0.1) is 6.92 Å². The normalized spacial score (nSPS) is 12.4. The van der Waals surface area contributed by atoms with E-state index >= 15 is 0 Å². The van der Waals surface area contributed by atoms with Gasteiger partial charge in [0, 0.05) is 24.0 Å². The van der Waals surface area contributed by atoms with E-state index in [1.165, 1.54) is 0 Å². The van der Waals surface area contributed by atoms with Gasteiger partial charge < -0.3 is 10.5 Å². The van der Waals surface area contributed by atoms with Crippen LogP contribution in [0.15, 0.2) is 23.8 Å². The summed E-state index contributed by atoms with van der Waals surface area (Å²) in [4.78, 5) is 8.51. The van der Waals surface area contributed by atoms with Crippen molar-refractivity contribution in [3.05, 3.63) is 40.1 Å². The van der Waals surface area contributed by atoms with Crippen LogP contribution in [0.5, 0.6) is 5.75 Å². The van der Waals surface area contributed by atoms with Gasteiger partial charge in [0.1, 0.15) is 5.75 Å². The van der Waals surface area contributed by atoms with Crippen LogP contribution in [-0.4, -0.2) is 17.1 Å². The molecule has 2 N–H and O–H groups in total. The fraction of sp³-hybridized carbons (Fsp3) is 0.333. The third kappa shape index (κ3) is 3.01. The molecular formula is C12H15N3OS. The van der Waals surface area contributed by atoms with Crippen molar-refractivity contribution in [3.8, 4) is 5.75 Å². The van der Waals surface area contributed by atoms with Gasteiger partial charge in [0.15, 0.2) is 0 Å². The Morgan fingerprint density at radius 1 is 1.47 bits per heavy atom. The summed E-state index contributed by atoms with van der Waals surface area (Å²) in [5.41, 5.74) is 8.13. The van der Waals surface area contributed by atoms with Crippen LogP contribution in [0.3, 0.4) is 0 Å². The molecule has 90 valence electrons. The minimum Gasteiger partial charge on any atom is -0.495 e. The minimum absolute atomic E-state index is 0.0981. The van der Waals surface area contributed by atoms with Gasteiger partial charge in [0.2, 0.25) is 0 Å². The zero-order valence-corrected chi connectivity index (χ0v) is 10.7. The van der Waals surface area contributed by atoms with Crippen molar-refractivity contribution >= 4 is 11.3 Å². The molecule has 0 aromatic carbocycles. The number of hydrogen-bond acceptors (Lipinski definition) is 5. The van der Waals surface area contributed by atoms with Crippen LogP contribution in [0.2, 0.25) is 0 Å². The van der Waals surface area contributed by atoms with E-state index in [2.05, 4.69) is 9.97 Å². The third-order valence-electron chi connectivity index (χ3n) is 2.49. The first kappa shape index (κ1) is 12.0. The van der Waals surface area contributed by atoms with E-state index in [4.69, 9.17) is 10.5 Å². The lowest BCUT2D eigenvalue weighted by Crippen LogP contribution is -2.14. The number of nitrogens with two attached hydrogens (primary N) is 1. The van der Waals surface area contributed by atoms with Crippen molar-refractivity contribution in [2.24, 2.45) is 5.73 Å². The van der Waals surface area contributed by atoms with Crippen LogP contribution in [0.4, 0.5) is 0 Å². The molecule has 0 spiro atoms. The highest BCUT2D eigenvalue weighted by atomic mass is 32.1. The average molecular weight is 249 g/mol. The molecule has 0 saturated heterocycles. The van der Waals surface area contributed by atoms with Gasteiger partial charge in [0.05, 0.1) is 24.0 Å². The predicted octanol–water partition coefficient (Wildman–Crippen LogP) is 2.10. The smallest absolute Gasteiger partial charge is 0.137 e. The second-order valence-electron chi connectivity index (χ2n) is 3.83. The summed E-state index contributed by atoms with van der Waals surface area (Å²) in [6.45, 7) is 1.99. The lowest BCUT2D eigenvalue weighted by atomic mass is 10.1. The molecule has 0 aliphatic rings. The second kappa shape index (κ2) is 5.25. The van der Waals surface area contributed by atoms with Crippen LogP contribution < -0.4 is 10.5 Å². The lowest BCUT2D eigenvalue weighted by Gasteiger charge is -2.11. The highest BCUT2D eigenvalue weighted by Crippen LogP contribution is 2.20. The van der Waals surface area contributed by atoms with E-state index in [0.717, 1.165) is 28.4 Å². The maximum atomic E-state index is 6.13. The quantitative estimate of drug-likeness (QED) is 0.901. The van der Waals surface area contributed by atoms with Gasteiger partial charge in [-0.25, -0.2) is 4.98 Å². The van der Waals surface area contributed by atoms with E-state index in [1.807, 2.05) is 18.4 Å². The summed E-state index contributed by atoms with van der Waals surface area (Å²) in [5, 5.41) is 3.11. The largest absolute Gasteiger partial charge is 0.495 e. The van der Waals surface area contributed by atoms with Gasteiger partial charge in [0.25, 0.3) is 0 Å². The summed E-state index contributed by atoms with van der Waals surface area (Å²) in [7, 11) is 1.62. The molecule has 2 aromatic heterocycles. The molecule has 1 atom stereocenters. The Labute approximate surface area is 104 Å². The number of ether oxygens (including phenoxy) is 1. The van der Waals surface area contributed by atoms with Gasteiger partial charge in [-0.2, -0.15) is 0 Å². The van der Waals surface area contributed by atoms with Gasteiger partial charge in [-0.05, 0) is 18.6 Å². The highest BCUT2D eigenvalue weighted by Gasteiger charge is 2.10. The molecule has 4 nitrogen and oxygen atoms in total. The Morgan fingerprint density at radius 2 is 2.29 bits per heavy atom. The van der Waals surface area contributed by atoms with E-state index in [0.29, 0.717) is 0 Å². The number of aryl methyl sites for hydroxylation is 1. The molecule has 0 aliphatic heterocycles. The van der Waals surface area contributed by atoms with E-state index < -0.39 is 0 Å². The highest BCUT2D eigenvalue weighted by molar-refractivity contribution is 7.09. The molecular weight excluding hydrogens is 234 g/mol. The second-order valence-corrected chi connectivity index (χ2v) is 4.89. The molecule has 0 saturated carbocycles. The van der Waals surface area contributed by atoms with Crippen molar-refractivity contribution in [3.63, 3.8) is 0 Å². The predicted molar refractivity (Wildman–Crippen MR) is 68.3 cm³/mol. The first-order valence-electron chi connectivity index (χ1n) is 5.34. The molecule has 0 fully saturated rings. The van der Waals surface area contributed by atoms with Crippen molar-refractivity contribution in [1.82, 2.24) is 9.97 Å². The molecule has 2 aromatic rings. The van der Waals surface area contributed by atoms with Gasteiger partial charge >= 0.3 is 0 Å². The van der Waals surface area contributed by atoms with Crippen LogP contribution >= 0.6 is 11.3 Å². The lowest BCUT2D eigenvalue weighted by molar-refractivity contribution is 0.411. The summed E-state index contributed by atoms with van der Waals surface area (Å²) in [6.07, 6.45) is 4.16. The number of nitrogens with zero attached hydrogens (tertiary/aromatic N) is 2. The number of thiazole rings is 1. The van der Waals surface area contributed by atoms with Crippen molar-refractivity contribution in [2.45, 2.75) is 19.4 Å².